The van der Waals surface area contributed by atoms with Gasteiger partial charge in [0, 0.05) is 17.8 Å². The number of anilines is 1. The molecule has 120 valence electrons. The average molecular weight is 316 g/mol. The van der Waals surface area contributed by atoms with Crippen LogP contribution in [0, 0.1) is 5.82 Å². The molecular weight excluding hydrogens is 299 g/mol. The van der Waals surface area contributed by atoms with Crippen molar-refractivity contribution in [3.63, 3.8) is 0 Å². The summed E-state index contributed by atoms with van der Waals surface area (Å²) in [5, 5.41) is 15.0. The molecule has 0 radical (unpaired) electrons. The van der Waals surface area contributed by atoms with Crippen LogP contribution >= 0.6 is 0 Å². The number of rotatable bonds is 5. The van der Waals surface area contributed by atoms with Crippen LogP contribution in [0.15, 0.2) is 48.5 Å². The minimum absolute atomic E-state index is 0.0239. The first kappa shape index (κ1) is 16.6. The average Bonchev–Trinajstić information content (AvgIpc) is 2.53. The van der Waals surface area contributed by atoms with Crippen LogP contribution in [0.4, 0.5) is 14.9 Å². The van der Waals surface area contributed by atoms with E-state index in [9.17, 15) is 19.1 Å². The summed E-state index contributed by atoms with van der Waals surface area (Å²) in [6.45, 7) is 1.42. The van der Waals surface area contributed by atoms with E-state index < -0.39 is 18.0 Å². The second-order valence-electron chi connectivity index (χ2n) is 5.04. The molecule has 0 saturated carbocycles. The van der Waals surface area contributed by atoms with Crippen molar-refractivity contribution in [2.45, 2.75) is 13.0 Å². The van der Waals surface area contributed by atoms with Crippen LogP contribution in [0.5, 0.6) is 0 Å². The molecule has 1 unspecified atom stereocenters. The number of amides is 2. The summed E-state index contributed by atoms with van der Waals surface area (Å²) >= 11 is 0. The molecule has 0 fully saturated rings. The summed E-state index contributed by atoms with van der Waals surface area (Å²) in [6.07, 6.45) is -0.940. The third-order valence-corrected chi connectivity index (χ3v) is 3.24. The number of urea groups is 1. The maximum absolute atomic E-state index is 12.8. The Morgan fingerprint density at radius 1 is 1.17 bits per heavy atom. The van der Waals surface area contributed by atoms with Crippen molar-refractivity contribution < 1.29 is 19.1 Å². The molecule has 0 aliphatic carbocycles. The van der Waals surface area contributed by atoms with Gasteiger partial charge < -0.3 is 15.7 Å². The molecule has 0 aromatic heterocycles. The minimum atomic E-state index is -0.940. The van der Waals surface area contributed by atoms with Gasteiger partial charge in [0.15, 0.2) is 5.78 Å². The Hall–Kier alpha value is -2.73. The zero-order valence-corrected chi connectivity index (χ0v) is 12.5. The maximum Gasteiger partial charge on any atom is 0.319 e. The van der Waals surface area contributed by atoms with E-state index in [1.54, 1.807) is 24.3 Å². The number of carbonyl (C=O) groups excluding carboxylic acids is 2. The van der Waals surface area contributed by atoms with Crippen LogP contribution in [0.2, 0.25) is 0 Å². The largest absolute Gasteiger partial charge is 0.387 e. The zero-order valence-electron chi connectivity index (χ0n) is 12.5. The Labute approximate surface area is 133 Å². The highest BCUT2D eigenvalue weighted by molar-refractivity contribution is 5.96. The smallest absolute Gasteiger partial charge is 0.319 e. The van der Waals surface area contributed by atoms with Gasteiger partial charge in [-0.1, -0.05) is 24.3 Å². The number of aliphatic hydroxyl groups is 1. The molecule has 0 aliphatic heterocycles. The second-order valence-corrected chi connectivity index (χ2v) is 5.04. The topological polar surface area (TPSA) is 78.4 Å². The second kappa shape index (κ2) is 7.51. The minimum Gasteiger partial charge on any atom is -0.387 e. The van der Waals surface area contributed by atoms with Gasteiger partial charge in [0.25, 0.3) is 0 Å². The number of carbonyl (C=O) groups is 2. The van der Waals surface area contributed by atoms with Crippen LogP contribution < -0.4 is 10.6 Å². The number of ketones is 1. The zero-order chi connectivity index (χ0) is 16.8. The summed E-state index contributed by atoms with van der Waals surface area (Å²) in [7, 11) is 0. The maximum atomic E-state index is 12.8. The number of nitrogens with one attached hydrogen (secondary N) is 2. The molecule has 0 saturated heterocycles. The van der Waals surface area contributed by atoms with Gasteiger partial charge >= 0.3 is 6.03 Å². The third-order valence-electron chi connectivity index (χ3n) is 3.24. The molecule has 2 aromatic carbocycles. The van der Waals surface area contributed by atoms with Gasteiger partial charge in [0.1, 0.15) is 5.82 Å². The molecule has 2 amide bonds. The molecule has 6 heteroatoms. The molecule has 0 heterocycles. The number of benzene rings is 2. The summed E-state index contributed by atoms with van der Waals surface area (Å²) in [6, 6.07) is 11.4. The lowest BCUT2D eigenvalue weighted by atomic mass is 10.1. The molecule has 0 aliphatic rings. The summed E-state index contributed by atoms with van der Waals surface area (Å²) in [4.78, 5) is 23.1. The van der Waals surface area contributed by atoms with E-state index in [1.807, 2.05) is 0 Å². The van der Waals surface area contributed by atoms with Crippen molar-refractivity contribution in [1.82, 2.24) is 5.32 Å². The van der Waals surface area contributed by atoms with Crippen molar-refractivity contribution in [1.29, 1.82) is 0 Å². The molecule has 0 bridgehead atoms. The predicted octanol–water partition coefficient (Wildman–Crippen LogP) is 2.88. The number of halogens is 1. The third kappa shape index (κ3) is 4.89. The van der Waals surface area contributed by atoms with Crippen LogP contribution in [0.3, 0.4) is 0 Å². The van der Waals surface area contributed by atoms with Gasteiger partial charge in [0.2, 0.25) is 0 Å². The normalized spacial score (nSPS) is 11.6. The fraction of sp³-hybridized carbons (Fsp3) is 0.176. The molecule has 2 rings (SSSR count). The number of Topliss-reactive ketones (excluding diaryl/α,β-unsaturated/α-hetero) is 1. The van der Waals surface area contributed by atoms with Crippen molar-refractivity contribution in [3.8, 4) is 0 Å². The number of aliphatic hydroxyl groups excluding tert-OH is 1. The van der Waals surface area contributed by atoms with E-state index in [0.29, 0.717) is 16.8 Å². The fourth-order valence-electron chi connectivity index (χ4n) is 1.98. The highest BCUT2D eigenvalue weighted by atomic mass is 19.1. The van der Waals surface area contributed by atoms with Gasteiger partial charge in [-0.2, -0.15) is 0 Å². The first-order chi connectivity index (χ1) is 11.0. The highest BCUT2D eigenvalue weighted by Crippen LogP contribution is 2.13. The lowest BCUT2D eigenvalue weighted by Crippen LogP contribution is -2.32. The Morgan fingerprint density at radius 2 is 1.87 bits per heavy atom. The molecule has 5 nitrogen and oxygen atoms in total. The lowest BCUT2D eigenvalue weighted by molar-refractivity contribution is 0.101. The van der Waals surface area contributed by atoms with Crippen LogP contribution in [-0.2, 0) is 0 Å². The van der Waals surface area contributed by atoms with E-state index in [1.165, 1.54) is 31.2 Å². The Morgan fingerprint density at radius 3 is 2.52 bits per heavy atom. The van der Waals surface area contributed by atoms with Crippen molar-refractivity contribution in [2.24, 2.45) is 0 Å². The SMILES string of the molecule is CC(=O)c1cccc(NC(=O)NCC(O)c2ccc(F)cc2)c1. The molecule has 1 atom stereocenters. The number of hydrogen-bond donors (Lipinski definition) is 3. The fourth-order valence-corrected chi connectivity index (χ4v) is 1.98. The summed E-state index contributed by atoms with van der Waals surface area (Å²) < 4.78 is 12.8. The van der Waals surface area contributed by atoms with Crippen molar-refractivity contribution in [3.05, 3.63) is 65.5 Å². The lowest BCUT2D eigenvalue weighted by Gasteiger charge is -2.13. The number of hydrogen-bond acceptors (Lipinski definition) is 3. The molecular formula is C17H17FN2O3. The van der Waals surface area contributed by atoms with E-state index in [4.69, 9.17) is 0 Å². The summed E-state index contributed by atoms with van der Waals surface area (Å²) in [5.41, 5.74) is 1.48. The van der Waals surface area contributed by atoms with E-state index in [0.717, 1.165) is 0 Å². The van der Waals surface area contributed by atoms with Gasteiger partial charge in [-0.25, -0.2) is 9.18 Å². The Kier molecular flexibility index (Phi) is 5.43. The molecule has 0 spiro atoms. The standard InChI is InChI=1S/C17H17FN2O3/c1-11(21)13-3-2-4-15(9-13)20-17(23)19-10-16(22)12-5-7-14(18)8-6-12/h2-9,16,22H,10H2,1H3,(H2,19,20,23). The van der Waals surface area contributed by atoms with Crippen molar-refractivity contribution in [2.75, 3.05) is 11.9 Å². The molecule has 3 N–H and O–H groups in total. The molecule has 23 heavy (non-hydrogen) atoms. The van der Waals surface area contributed by atoms with Crippen LogP contribution in [-0.4, -0.2) is 23.5 Å². The Bertz CT molecular complexity index is 701. The first-order valence-corrected chi connectivity index (χ1v) is 7.05. The predicted molar refractivity (Wildman–Crippen MR) is 84.8 cm³/mol. The quantitative estimate of drug-likeness (QED) is 0.742. The van der Waals surface area contributed by atoms with Gasteiger partial charge in [-0.3, -0.25) is 4.79 Å². The van der Waals surface area contributed by atoms with Crippen LogP contribution in [0.25, 0.3) is 0 Å². The van der Waals surface area contributed by atoms with Gasteiger partial charge in [0.05, 0.1) is 6.10 Å². The van der Waals surface area contributed by atoms with Gasteiger partial charge in [-0.15, -0.1) is 0 Å². The molecule has 2 aromatic rings. The summed E-state index contributed by atoms with van der Waals surface area (Å²) in [5.74, 6) is -0.488. The van der Waals surface area contributed by atoms with Gasteiger partial charge in [-0.05, 0) is 36.8 Å². The van der Waals surface area contributed by atoms with E-state index in [-0.39, 0.29) is 12.3 Å². The highest BCUT2D eigenvalue weighted by Gasteiger charge is 2.10. The monoisotopic (exact) mass is 316 g/mol. The van der Waals surface area contributed by atoms with E-state index >= 15 is 0 Å². The first-order valence-electron chi connectivity index (χ1n) is 7.05. The Balaban J connectivity index is 1.88. The van der Waals surface area contributed by atoms with E-state index in [2.05, 4.69) is 10.6 Å². The van der Waals surface area contributed by atoms with Crippen molar-refractivity contribution >= 4 is 17.5 Å². The van der Waals surface area contributed by atoms with Crippen LogP contribution in [0.1, 0.15) is 28.9 Å².